The number of carbonyl (C=O) groups is 1. The summed E-state index contributed by atoms with van der Waals surface area (Å²) in [4.78, 5) is 18.8. The Bertz CT molecular complexity index is 675. The Labute approximate surface area is 147 Å². The van der Waals surface area contributed by atoms with Crippen molar-refractivity contribution in [1.82, 2.24) is 20.1 Å². The van der Waals surface area contributed by atoms with E-state index in [1.165, 1.54) is 0 Å². The van der Waals surface area contributed by atoms with Gasteiger partial charge in [0, 0.05) is 32.1 Å². The minimum absolute atomic E-state index is 0.0468. The van der Waals surface area contributed by atoms with Gasteiger partial charge in [0.25, 0.3) is 0 Å². The van der Waals surface area contributed by atoms with Crippen molar-refractivity contribution in [3.63, 3.8) is 0 Å². The maximum atomic E-state index is 12.5. The summed E-state index contributed by atoms with van der Waals surface area (Å²) in [7, 11) is 0. The van der Waals surface area contributed by atoms with Crippen LogP contribution in [0.2, 0.25) is 0 Å². The minimum atomic E-state index is -0.0468. The molecule has 1 saturated heterocycles. The van der Waals surface area contributed by atoms with E-state index in [1.54, 1.807) is 6.20 Å². The number of rotatable bonds is 7. The molecule has 1 aliphatic heterocycles. The third kappa shape index (κ3) is 4.87. The molecule has 2 aromatic rings. The second-order valence-electron chi connectivity index (χ2n) is 6.52. The van der Waals surface area contributed by atoms with Gasteiger partial charge >= 0.3 is 0 Å². The Morgan fingerprint density at radius 1 is 1.48 bits per heavy atom. The number of H-pyrrole nitrogens is 1. The van der Waals surface area contributed by atoms with E-state index in [4.69, 9.17) is 4.74 Å². The summed E-state index contributed by atoms with van der Waals surface area (Å²) >= 11 is 0. The summed E-state index contributed by atoms with van der Waals surface area (Å²) in [5, 5.41) is 9.97. The van der Waals surface area contributed by atoms with Crippen LogP contribution in [-0.4, -0.2) is 51.8 Å². The highest BCUT2D eigenvalue weighted by molar-refractivity contribution is 5.93. The number of aryl methyl sites for hydroxylation is 2. The van der Waals surface area contributed by atoms with E-state index in [9.17, 15) is 4.79 Å². The van der Waals surface area contributed by atoms with Gasteiger partial charge in [0.1, 0.15) is 0 Å². The Balaban J connectivity index is 1.64. The van der Waals surface area contributed by atoms with E-state index in [2.05, 4.69) is 25.4 Å². The zero-order chi connectivity index (χ0) is 17.6. The third-order valence-corrected chi connectivity index (χ3v) is 4.37. The zero-order valence-electron chi connectivity index (χ0n) is 14.8. The number of hydrogen-bond donors (Lipinski definition) is 2. The normalized spacial score (nSPS) is 17.2. The maximum absolute atomic E-state index is 12.5. The van der Waals surface area contributed by atoms with Gasteiger partial charge in [-0.25, -0.2) is 0 Å². The Morgan fingerprint density at radius 3 is 3.00 bits per heavy atom. The number of nitrogens with zero attached hydrogens (tertiary/aromatic N) is 3. The number of amides is 1. The number of carbonyl (C=O) groups excluding carboxylic acids is 1. The van der Waals surface area contributed by atoms with Crippen molar-refractivity contribution < 1.29 is 9.53 Å². The van der Waals surface area contributed by atoms with Gasteiger partial charge in [-0.2, -0.15) is 5.10 Å². The van der Waals surface area contributed by atoms with E-state index in [0.29, 0.717) is 13.1 Å². The van der Waals surface area contributed by atoms with Gasteiger partial charge in [0.2, 0.25) is 5.91 Å². The average molecular weight is 343 g/mol. The van der Waals surface area contributed by atoms with Crippen molar-refractivity contribution in [2.45, 2.75) is 39.3 Å². The van der Waals surface area contributed by atoms with E-state index in [1.807, 2.05) is 32.2 Å². The smallest absolute Gasteiger partial charge is 0.238 e. The fourth-order valence-corrected chi connectivity index (χ4v) is 3.13. The van der Waals surface area contributed by atoms with Crippen molar-refractivity contribution in [2.75, 3.05) is 25.0 Å². The van der Waals surface area contributed by atoms with Crippen LogP contribution in [0.4, 0.5) is 5.69 Å². The average Bonchev–Trinajstić information content (AvgIpc) is 3.21. The fraction of sp³-hybridized carbons (Fsp3) is 0.500. The van der Waals surface area contributed by atoms with E-state index >= 15 is 0 Å². The van der Waals surface area contributed by atoms with Gasteiger partial charge in [-0.1, -0.05) is 6.07 Å². The number of aromatic amines is 1. The molecular weight excluding hydrogens is 318 g/mol. The first-order valence-corrected chi connectivity index (χ1v) is 8.66. The van der Waals surface area contributed by atoms with Gasteiger partial charge in [0.05, 0.1) is 29.7 Å². The largest absolute Gasteiger partial charge is 0.377 e. The van der Waals surface area contributed by atoms with Gasteiger partial charge in [-0.3, -0.25) is 19.8 Å². The number of anilines is 1. The van der Waals surface area contributed by atoms with Crippen LogP contribution < -0.4 is 5.32 Å². The highest BCUT2D eigenvalue weighted by Crippen LogP contribution is 2.17. The lowest BCUT2D eigenvalue weighted by atomic mass is 10.2. The Hall–Kier alpha value is -2.25. The molecule has 1 atom stereocenters. The molecule has 0 spiro atoms. The van der Waals surface area contributed by atoms with E-state index < -0.39 is 0 Å². The van der Waals surface area contributed by atoms with Crippen molar-refractivity contribution in [3.8, 4) is 0 Å². The van der Waals surface area contributed by atoms with Crippen LogP contribution in [0, 0.1) is 13.8 Å². The minimum Gasteiger partial charge on any atom is -0.377 e. The molecular formula is C18H25N5O2. The predicted molar refractivity (Wildman–Crippen MR) is 95.2 cm³/mol. The molecule has 2 N–H and O–H groups in total. The monoisotopic (exact) mass is 343 g/mol. The van der Waals surface area contributed by atoms with Crippen molar-refractivity contribution in [2.24, 2.45) is 0 Å². The molecule has 0 aromatic carbocycles. The molecule has 0 radical (unpaired) electrons. The number of pyridine rings is 1. The zero-order valence-corrected chi connectivity index (χ0v) is 14.8. The van der Waals surface area contributed by atoms with Crippen molar-refractivity contribution in [1.29, 1.82) is 0 Å². The second-order valence-corrected chi connectivity index (χ2v) is 6.52. The lowest BCUT2D eigenvalue weighted by Crippen LogP contribution is -2.38. The number of ether oxygens (including phenoxy) is 1. The first-order valence-electron chi connectivity index (χ1n) is 8.66. The molecule has 3 rings (SSSR count). The Morgan fingerprint density at radius 2 is 2.36 bits per heavy atom. The summed E-state index contributed by atoms with van der Waals surface area (Å²) in [6.45, 7) is 6.30. The summed E-state index contributed by atoms with van der Waals surface area (Å²) in [5.74, 6) is -0.0468. The van der Waals surface area contributed by atoms with E-state index in [-0.39, 0.29) is 12.0 Å². The number of nitrogens with one attached hydrogen (secondary N) is 2. The molecule has 134 valence electrons. The molecule has 0 saturated carbocycles. The van der Waals surface area contributed by atoms with Crippen LogP contribution in [-0.2, 0) is 16.1 Å². The molecule has 0 bridgehead atoms. The molecule has 25 heavy (non-hydrogen) atoms. The molecule has 1 aliphatic rings. The predicted octanol–water partition coefficient (Wildman–Crippen LogP) is 2.04. The first-order chi connectivity index (χ1) is 12.1. The van der Waals surface area contributed by atoms with Crippen LogP contribution in [0.15, 0.2) is 24.5 Å². The highest BCUT2D eigenvalue weighted by atomic mass is 16.5. The fourth-order valence-electron chi connectivity index (χ4n) is 3.13. The van der Waals surface area contributed by atoms with Gasteiger partial charge in [-0.05, 0) is 38.3 Å². The first kappa shape index (κ1) is 17.6. The van der Waals surface area contributed by atoms with Crippen LogP contribution in [0.25, 0.3) is 0 Å². The van der Waals surface area contributed by atoms with Crippen LogP contribution in [0.3, 0.4) is 0 Å². The summed E-state index contributed by atoms with van der Waals surface area (Å²) in [6.07, 6.45) is 5.92. The quantitative estimate of drug-likeness (QED) is 0.804. The number of hydrogen-bond acceptors (Lipinski definition) is 5. The maximum Gasteiger partial charge on any atom is 0.238 e. The highest BCUT2D eigenvalue weighted by Gasteiger charge is 2.21. The molecule has 1 fully saturated rings. The number of aromatic nitrogens is 3. The Kier molecular flexibility index (Phi) is 5.78. The molecule has 2 aromatic heterocycles. The lowest BCUT2D eigenvalue weighted by Gasteiger charge is -2.24. The third-order valence-electron chi connectivity index (χ3n) is 4.37. The lowest BCUT2D eigenvalue weighted by molar-refractivity contribution is -0.117. The van der Waals surface area contributed by atoms with Gasteiger partial charge in [-0.15, -0.1) is 0 Å². The molecule has 0 aliphatic carbocycles. The van der Waals surface area contributed by atoms with Crippen LogP contribution >= 0.6 is 0 Å². The summed E-state index contributed by atoms with van der Waals surface area (Å²) in [6, 6.07) is 3.94. The molecule has 1 amide bonds. The van der Waals surface area contributed by atoms with E-state index in [0.717, 1.165) is 48.6 Å². The topological polar surface area (TPSA) is 83.1 Å². The summed E-state index contributed by atoms with van der Waals surface area (Å²) < 4.78 is 5.74. The van der Waals surface area contributed by atoms with Crippen LogP contribution in [0.1, 0.15) is 29.8 Å². The molecule has 3 heterocycles. The SMILES string of the molecule is Cc1n[nH]c(C)c1NC(=O)CN(Cc1cccnc1)C[C@@H]1CCCO1. The standard InChI is InChI=1S/C18H25N5O2/c1-13-18(14(2)22-21-13)20-17(24)12-23(11-16-6-4-8-25-16)10-15-5-3-7-19-9-15/h3,5,7,9,16H,4,6,8,10-12H2,1-2H3,(H,20,24)(H,21,22)/t16-/m0/s1. The summed E-state index contributed by atoms with van der Waals surface area (Å²) in [5.41, 5.74) is 3.51. The second kappa shape index (κ2) is 8.22. The molecule has 7 nitrogen and oxygen atoms in total. The van der Waals surface area contributed by atoms with Crippen molar-refractivity contribution in [3.05, 3.63) is 41.5 Å². The van der Waals surface area contributed by atoms with Gasteiger partial charge < -0.3 is 10.1 Å². The van der Waals surface area contributed by atoms with Gasteiger partial charge in [0.15, 0.2) is 0 Å². The van der Waals surface area contributed by atoms with Crippen molar-refractivity contribution >= 4 is 11.6 Å². The molecule has 7 heteroatoms. The van der Waals surface area contributed by atoms with Crippen LogP contribution in [0.5, 0.6) is 0 Å². The molecule has 0 unspecified atom stereocenters.